The van der Waals surface area contributed by atoms with Crippen LogP contribution in [0.25, 0.3) is 0 Å². The first kappa shape index (κ1) is 19.3. The summed E-state index contributed by atoms with van der Waals surface area (Å²) in [5.74, 6) is 0.222. The molecular formula is C17H18N2O6S2. The van der Waals surface area contributed by atoms with Crippen LogP contribution in [0.5, 0.6) is 5.75 Å². The third-order valence-corrected chi connectivity index (χ3v) is 6.66. The first-order valence-corrected chi connectivity index (χ1v) is 11.3. The quantitative estimate of drug-likeness (QED) is 0.770. The molecule has 10 heteroatoms. The fourth-order valence-electron chi connectivity index (χ4n) is 2.61. The summed E-state index contributed by atoms with van der Waals surface area (Å²) in [7, 11) is -7.48. The summed E-state index contributed by atoms with van der Waals surface area (Å²) in [5, 5.41) is 2.67. The van der Waals surface area contributed by atoms with E-state index in [0.29, 0.717) is 17.0 Å². The minimum absolute atomic E-state index is 0.0643. The molecule has 2 aromatic carbocycles. The maximum absolute atomic E-state index is 12.6. The van der Waals surface area contributed by atoms with Crippen molar-refractivity contribution in [3.05, 3.63) is 48.0 Å². The van der Waals surface area contributed by atoms with Crippen LogP contribution in [0.1, 0.15) is 18.5 Å². The highest BCUT2D eigenvalue weighted by Crippen LogP contribution is 2.31. The lowest BCUT2D eigenvalue weighted by atomic mass is 10.1. The SMILES string of the molecule is CC(NS(=O)(=O)c1cccc(S(C)(=O)=O)c1)c1ccc2c(c1)NC(=O)CO2. The minimum atomic E-state index is -3.96. The molecule has 0 saturated heterocycles. The molecule has 1 aliphatic rings. The molecule has 8 nitrogen and oxygen atoms in total. The van der Waals surface area contributed by atoms with E-state index in [0.717, 1.165) is 12.3 Å². The van der Waals surface area contributed by atoms with Crippen LogP contribution in [0.15, 0.2) is 52.3 Å². The van der Waals surface area contributed by atoms with Gasteiger partial charge >= 0.3 is 0 Å². The molecule has 2 aromatic rings. The predicted molar refractivity (Wildman–Crippen MR) is 98.9 cm³/mol. The van der Waals surface area contributed by atoms with E-state index >= 15 is 0 Å². The molecule has 0 spiro atoms. The Morgan fingerprint density at radius 2 is 1.78 bits per heavy atom. The molecule has 0 saturated carbocycles. The van der Waals surface area contributed by atoms with Gasteiger partial charge in [0.1, 0.15) is 5.75 Å². The Morgan fingerprint density at radius 1 is 1.07 bits per heavy atom. The Kier molecular flexibility index (Phi) is 4.98. The first-order chi connectivity index (χ1) is 12.6. The van der Waals surface area contributed by atoms with Gasteiger partial charge in [-0.15, -0.1) is 0 Å². The van der Waals surface area contributed by atoms with Gasteiger partial charge in [0.25, 0.3) is 5.91 Å². The molecule has 0 radical (unpaired) electrons. The zero-order valence-corrected chi connectivity index (χ0v) is 16.2. The van der Waals surface area contributed by atoms with Gasteiger partial charge < -0.3 is 10.1 Å². The Morgan fingerprint density at radius 3 is 2.48 bits per heavy atom. The van der Waals surface area contributed by atoms with Crippen LogP contribution in [0, 0.1) is 0 Å². The second-order valence-corrected chi connectivity index (χ2v) is 9.91. The third kappa shape index (κ3) is 4.29. The molecule has 1 heterocycles. The number of amides is 1. The summed E-state index contributed by atoms with van der Waals surface area (Å²) >= 11 is 0. The average molecular weight is 410 g/mol. The number of hydrogen-bond donors (Lipinski definition) is 2. The largest absolute Gasteiger partial charge is 0.482 e. The van der Waals surface area contributed by atoms with Crippen LogP contribution < -0.4 is 14.8 Å². The van der Waals surface area contributed by atoms with Gasteiger partial charge in [-0.3, -0.25) is 4.79 Å². The Balaban J connectivity index is 1.86. The molecule has 27 heavy (non-hydrogen) atoms. The smallest absolute Gasteiger partial charge is 0.262 e. The average Bonchev–Trinajstić information content (AvgIpc) is 2.60. The highest BCUT2D eigenvalue weighted by Gasteiger charge is 2.22. The number of nitrogens with one attached hydrogen (secondary N) is 2. The van der Waals surface area contributed by atoms with E-state index in [1.165, 1.54) is 18.2 Å². The van der Waals surface area contributed by atoms with E-state index in [1.54, 1.807) is 25.1 Å². The maximum atomic E-state index is 12.6. The van der Waals surface area contributed by atoms with Crippen LogP contribution in [0.3, 0.4) is 0 Å². The second-order valence-electron chi connectivity index (χ2n) is 6.18. The van der Waals surface area contributed by atoms with Gasteiger partial charge in [-0.25, -0.2) is 21.6 Å². The third-order valence-electron chi connectivity index (χ3n) is 4.01. The van der Waals surface area contributed by atoms with Gasteiger partial charge in [0.05, 0.1) is 15.5 Å². The number of sulfone groups is 1. The Hall–Kier alpha value is -2.43. The number of hydrogen-bond acceptors (Lipinski definition) is 6. The molecule has 0 fully saturated rings. The van der Waals surface area contributed by atoms with E-state index in [2.05, 4.69) is 10.0 Å². The molecule has 2 N–H and O–H groups in total. The van der Waals surface area contributed by atoms with E-state index in [4.69, 9.17) is 4.74 Å². The lowest BCUT2D eigenvalue weighted by Gasteiger charge is -2.21. The highest BCUT2D eigenvalue weighted by molar-refractivity contribution is 7.91. The molecule has 0 bridgehead atoms. The summed E-state index contributed by atoms with van der Waals surface area (Å²) in [6, 6.07) is 9.50. The standard InChI is InChI=1S/C17H18N2O6S2/c1-11(12-6-7-16-15(8-12)18-17(20)10-25-16)19-27(23,24)14-5-3-4-13(9-14)26(2,21)22/h3-9,11,19H,10H2,1-2H3,(H,18,20). The number of anilines is 1. The molecular weight excluding hydrogens is 392 g/mol. The molecule has 1 unspecified atom stereocenters. The van der Waals surface area contributed by atoms with Gasteiger partial charge in [0.2, 0.25) is 10.0 Å². The van der Waals surface area contributed by atoms with Crippen molar-refractivity contribution in [2.24, 2.45) is 0 Å². The number of benzene rings is 2. The molecule has 1 amide bonds. The monoisotopic (exact) mass is 410 g/mol. The van der Waals surface area contributed by atoms with E-state index < -0.39 is 25.9 Å². The van der Waals surface area contributed by atoms with Crippen molar-refractivity contribution in [1.82, 2.24) is 4.72 Å². The van der Waals surface area contributed by atoms with Crippen LogP contribution in [0.4, 0.5) is 5.69 Å². The van der Waals surface area contributed by atoms with Gasteiger partial charge in [0.15, 0.2) is 16.4 Å². The van der Waals surface area contributed by atoms with Crippen molar-refractivity contribution in [3.8, 4) is 5.75 Å². The zero-order chi connectivity index (χ0) is 19.8. The Labute approximate surface area is 157 Å². The van der Waals surface area contributed by atoms with Crippen molar-refractivity contribution < 1.29 is 26.4 Å². The molecule has 3 rings (SSSR count). The summed E-state index contributed by atoms with van der Waals surface area (Å²) in [6.07, 6.45) is 1.01. The van der Waals surface area contributed by atoms with E-state index in [1.807, 2.05) is 0 Å². The molecule has 0 aromatic heterocycles. The van der Waals surface area contributed by atoms with Gasteiger partial charge in [-0.2, -0.15) is 0 Å². The predicted octanol–water partition coefficient (Wildman–Crippen LogP) is 1.46. The summed E-state index contributed by atoms with van der Waals surface area (Å²) in [6.45, 7) is 1.58. The molecule has 1 atom stereocenters. The second kappa shape index (κ2) is 6.95. The number of carbonyl (C=O) groups excluding carboxylic acids is 1. The van der Waals surface area contributed by atoms with Crippen LogP contribution in [-0.2, 0) is 24.7 Å². The Bertz CT molecular complexity index is 1110. The van der Waals surface area contributed by atoms with Crippen molar-refractivity contribution in [2.75, 3.05) is 18.2 Å². The fraction of sp³-hybridized carbons (Fsp3) is 0.235. The molecule has 1 aliphatic heterocycles. The zero-order valence-electron chi connectivity index (χ0n) is 14.6. The van der Waals surface area contributed by atoms with Crippen molar-refractivity contribution >= 4 is 31.5 Å². The van der Waals surface area contributed by atoms with Gasteiger partial charge in [0, 0.05) is 12.3 Å². The van der Waals surface area contributed by atoms with E-state index in [-0.39, 0.29) is 22.3 Å². The maximum Gasteiger partial charge on any atom is 0.262 e. The van der Waals surface area contributed by atoms with E-state index in [9.17, 15) is 21.6 Å². The lowest BCUT2D eigenvalue weighted by molar-refractivity contribution is -0.118. The van der Waals surface area contributed by atoms with Crippen molar-refractivity contribution in [1.29, 1.82) is 0 Å². The highest BCUT2D eigenvalue weighted by atomic mass is 32.2. The minimum Gasteiger partial charge on any atom is -0.482 e. The topological polar surface area (TPSA) is 119 Å². The normalized spacial score (nSPS) is 15.4. The van der Waals surface area contributed by atoms with Crippen LogP contribution >= 0.6 is 0 Å². The first-order valence-electron chi connectivity index (χ1n) is 7.95. The summed E-state index contributed by atoms with van der Waals surface area (Å²) in [4.78, 5) is 11.2. The van der Waals surface area contributed by atoms with Crippen LogP contribution in [-0.4, -0.2) is 35.6 Å². The van der Waals surface area contributed by atoms with Crippen molar-refractivity contribution in [3.63, 3.8) is 0 Å². The molecule has 0 aliphatic carbocycles. The lowest BCUT2D eigenvalue weighted by Crippen LogP contribution is -2.28. The molecule has 144 valence electrons. The number of carbonyl (C=O) groups is 1. The van der Waals surface area contributed by atoms with Gasteiger partial charge in [-0.05, 0) is 42.8 Å². The number of fused-ring (bicyclic) bond motifs is 1. The van der Waals surface area contributed by atoms with Gasteiger partial charge in [-0.1, -0.05) is 12.1 Å². The number of rotatable bonds is 5. The number of ether oxygens (including phenoxy) is 1. The summed E-state index contributed by atoms with van der Waals surface area (Å²) in [5.41, 5.74) is 1.08. The van der Waals surface area contributed by atoms with Crippen molar-refractivity contribution in [2.45, 2.75) is 22.8 Å². The van der Waals surface area contributed by atoms with Crippen LogP contribution in [0.2, 0.25) is 0 Å². The fourth-order valence-corrected chi connectivity index (χ4v) is 4.63. The summed E-state index contributed by atoms with van der Waals surface area (Å²) < 4.78 is 56.4. The number of sulfonamides is 1.